The average Bonchev–Trinajstić information content (AvgIpc) is 3.47. The van der Waals surface area contributed by atoms with Gasteiger partial charge >= 0.3 is 10.1 Å². The van der Waals surface area contributed by atoms with E-state index in [9.17, 15) is 17.6 Å². The van der Waals surface area contributed by atoms with Crippen LogP contribution in [0.3, 0.4) is 0 Å². The Balaban J connectivity index is 1.68. The van der Waals surface area contributed by atoms with Crippen molar-refractivity contribution in [2.75, 3.05) is 6.54 Å². The number of nitrogens with zero attached hydrogens (tertiary/aromatic N) is 1. The van der Waals surface area contributed by atoms with Gasteiger partial charge in [0, 0.05) is 19.0 Å². The number of carbonyl (C=O) groups is 1. The number of hydrogen-bond acceptors (Lipinski definition) is 4. The molecule has 1 amide bonds. The Morgan fingerprint density at radius 1 is 1.11 bits per heavy atom. The normalized spacial score (nSPS) is 14.1. The summed E-state index contributed by atoms with van der Waals surface area (Å²) < 4.78 is 42.6. The van der Waals surface area contributed by atoms with E-state index in [0.717, 1.165) is 42.7 Å². The molecule has 0 aromatic heterocycles. The summed E-state index contributed by atoms with van der Waals surface area (Å²) in [7, 11) is -4.03. The van der Waals surface area contributed by atoms with Crippen molar-refractivity contribution in [3.05, 3.63) is 59.9 Å². The van der Waals surface area contributed by atoms with Crippen molar-refractivity contribution in [2.24, 2.45) is 11.8 Å². The van der Waals surface area contributed by atoms with Crippen molar-refractivity contribution in [1.29, 1.82) is 0 Å². The predicted molar refractivity (Wildman–Crippen MR) is 104 cm³/mol. The molecule has 0 bridgehead atoms. The van der Waals surface area contributed by atoms with Crippen LogP contribution in [0.25, 0.3) is 0 Å². The fourth-order valence-electron chi connectivity index (χ4n) is 2.91. The zero-order valence-corrected chi connectivity index (χ0v) is 16.8. The third kappa shape index (κ3) is 5.32. The van der Waals surface area contributed by atoms with Gasteiger partial charge in [-0.05, 0) is 60.7 Å². The van der Waals surface area contributed by atoms with Gasteiger partial charge in [-0.1, -0.05) is 26.0 Å². The second-order valence-corrected chi connectivity index (χ2v) is 9.07. The first-order valence-corrected chi connectivity index (χ1v) is 10.7. The minimum absolute atomic E-state index is 0.115. The van der Waals surface area contributed by atoms with Crippen molar-refractivity contribution in [3.8, 4) is 5.75 Å². The summed E-state index contributed by atoms with van der Waals surface area (Å²) in [5.41, 5.74) is 0.904. The summed E-state index contributed by atoms with van der Waals surface area (Å²) in [5.74, 6) is 0.355. The summed E-state index contributed by atoms with van der Waals surface area (Å²) in [5, 5.41) is 0. The first kappa shape index (κ1) is 20.3. The van der Waals surface area contributed by atoms with Crippen molar-refractivity contribution in [3.63, 3.8) is 0 Å². The van der Waals surface area contributed by atoms with Crippen LogP contribution in [0.15, 0.2) is 53.4 Å². The standard InChI is InChI=1S/C21H24FNO4S/c1-15(2)13-23(21(24)17-5-6-17)14-16-3-9-19(10-4-16)27-28(25,26)20-11-7-18(22)8-12-20/h3-4,7-12,15,17H,5-6,13-14H2,1-2H3. The minimum atomic E-state index is -4.03. The predicted octanol–water partition coefficient (Wildman–Crippen LogP) is 3.99. The molecule has 0 unspecified atom stereocenters. The lowest BCUT2D eigenvalue weighted by Gasteiger charge is -2.25. The quantitative estimate of drug-likeness (QED) is 0.623. The molecule has 0 saturated heterocycles. The molecule has 7 heteroatoms. The van der Waals surface area contributed by atoms with Crippen LogP contribution in [-0.4, -0.2) is 25.8 Å². The van der Waals surface area contributed by atoms with E-state index >= 15 is 0 Å². The van der Waals surface area contributed by atoms with Crippen LogP contribution in [0.4, 0.5) is 4.39 Å². The lowest BCUT2D eigenvalue weighted by atomic mass is 10.1. The number of halogens is 1. The Hall–Kier alpha value is -2.41. The molecule has 0 atom stereocenters. The van der Waals surface area contributed by atoms with Gasteiger partial charge in [0.15, 0.2) is 0 Å². The van der Waals surface area contributed by atoms with E-state index in [4.69, 9.17) is 4.18 Å². The van der Waals surface area contributed by atoms with Crippen LogP contribution >= 0.6 is 0 Å². The summed E-state index contributed by atoms with van der Waals surface area (Å²) in [4.78, 5) is 14.2. The van der Waals surface area contributed by atoms with Crippen LogP contribution in [0, 0.1) is 17.7 Å². The highest BCUT2D eigenvalue weighted by atomic mass is 32.2. The van der Waals surface area contributed by atoms with Crippen LogP contribution < -0.4 is 4.18 Å². The van der Waals surface area contributed by atoms with E-state index in [1.807, 2.05) is 4.90 Å². The Bertz CT molecular complexity index is 920. The van der Waals surface area contributed by atoms with Crippen molar-refractivity contribution in [2.45, 2.75) is 38.1 Å². The van der Waals surface area contributed by atoms with Crippen LogP contribution in [0.5, 0.6) is 5.75 Å². The Labute approximate surface area is 165 Å². The first-order chi connectivity index (χ1) is 13.2. The maximum atomic E-state index is 13.0. The van der Waals surface area contributed by atoms with E-state index in [-0.39, 0.29) is 22.5 Å². The SMILES string of the molecule is CC(C)CN(Cc1ccc(OS(=O)(=O)c2ccc(F)cc2)cc1)C(=O)C1CC1. The molecular formula is C21H24FNO4S. The van der Waals surface area contributed by atoms with E-state index in [0.29, 0.717) is 19.0 Å². The van der Waals surface area contributed by atoms with Gasteiger partial charge in [-0.25, -0.2) is 4.39 Å². The molecule has 2 aromatic rings. The van der Waals surface area contributed by atoms with Gasteiger partial charge in [-0.2, -0.15) is 8.42 Å². The zero-order valence-electron chi connectivity index (χ0n) is 16.0. The monoisotopic (exact) mass is 405 g/mol. The molecule has 0 heterocycles. The van der Waals surface area contributed by atoms with Crippen molar-refractivity contribution < 1.29 is 21.8 Å². The van der Waals surface area contributed by atoms with Crippen LogP contribution in [-0.2, 0) is 21.5 Å². The Kier molecular flexibility index (Phi) is 6.03. The minimum Gasteiger partial charge on any atom is -0.379 e. The molecule has 0 spiro atoms. The maximum absolute atomic E-state index is 13.0. The highest BCUT2D eigenvalue weighted by molar-refractivity contribution is 7.87. The second kappa shape index (κ2) is 8.31. The highest BCUT2D eigenvalue weighted by Gasteiger charge is 2.33. The summed E-state index contributed by atoms with van der Waals surface area (Å²) >= 11 is 0. The van der Waals surface area contributed by atoms with Gasteiger partial charge in [0.05, 0.1) is 0 Å². The first-order valence-electron chi connectivity index (χ1n) is 9.32. The molecule has 3 rings (SSSR count). The summed E-state index contributed by atoms with van der Waals surface area (Å²) in [6.07, 6.45) is 1.92. The zero-order chi connectivity index (χ0) is 20.3. The third-order valence-electron chi connectivity index (χ3n) is 4.43. The van der Waals surface area contributed by atoms with Crippen molar-refractivity contribution >= 4 is 16.0 Å². The highest BCUT2D eigenvalue weighted by Crippen LogP contribution is 2.32. The number of benzene rings is 2. The molecular weight excluding hydrogens is 381 g/mol. The van der Waals surface area contributed by atoms with Gasteiger partial charge in [-0.15, -0.1) is 0 Å². The molecule has 5 nitrogen and oxygen atoms in total. The Morgan fingerprint density at radius 3 is 2.25 bits per heavy atom. The molecule has 0 N–H and O–H groups in total. The number of rotatable bonds is 8. The molecule has 2 aromatic carbocycles. The number of hydrogen-bond donors (Lipinski definition) is 0. The lowest BCUT2D eigenvalue weighted by molar-refractivity contribution is -0.133. The van der Waals surface area contributed by atoms with E-state index in [2.05, 4.69) is 13.8 Å². The molecule has 28 heavy (non-hydrogen) atoms. The van der Waals surface area contributed by atoms with Gasteiger partial charge in [-0.3, -0.25) is 4.79 Å². The molecule has 150 valence electrons. The molecule has 0 aliphatic heterocycles. The average molecular weight is 405 g/mol. The molecule has 1 fully saturated rings. The van der Waals surface area contributed by atoms with Gasteiger partial charge in [0.2, 0.25) is 5.91 Å². The van der Waals surface area contributed by atoms with Gasteiger partial charge in [0.1, 0.15) is 16.5 Å². The van der Waals surface area contributed by atoms with Gasteiger partial charge < -0.3 is 9.08 Å². The molecule has 1 aliphatic rings. The maximum Gasteiger partial charge on any atom is 0.339 e. The van der Waals surface area contributed by atoms with E-state index in [1.165, 1.54) is 0 Å². The fraction of sp³-hybridized carbons (Fsp3) is 0.381. The summed E-state index contributed by atoms with van der Waals surface area (Å²) in [6.45, 7) is 5.32. The fourth-order valence-corrected chi connectivity index (χ4v) is 3.84. The van der Waals surface area contributed by atoms with E-state index < -0.39 is 15.9 Å². The lowest BCUT2D eigenvalue weighted by Crippen LogP contribution is -2.34. The van der Waals surface area contributed by atoms with Crippen molar-refractivity contribution in [1.82, 2.24) is 4.90 Å². The molecule has 1 saturated carbocycles. The van der Waals surface area contributed by atoms with Crippen LogP contribution in [0.2, 0.25) is 0 Å². The number of amides is 1. The molecule has 0 radical (unpaired) electrons. The third-order valence-corrected chi connectivity index (χ3v) is 5.69. The number of carbonyl (C=O) groups excluding carboxylic acids is 1. The topological polar surface area (TPSA) is 63.7 Å². The Morgan fingerprint density at radius 2 is 1.71 bits per heavy atom. The second-order valence-electron chi connectivity index (χ2n) is 7.52. The van der Waals surface area contributed by atoms with Gasteiger partial charge in [0.25, 0.3) is 0 Å². The van der Waals surface area contributed by atoms with Crippen LogP contribution in [0.1, 0.15) is 32.3 Å². The largest absolute Gasteiger partial charge is 0.379 e. The molecule has 1 aliphatic carbocycles. The van der Waals surface area contributed by atoms with E-state index in [1.54, 1.807) is 24.3 Å². The summed E-state index contributed by atoms with van der Waals surface area (Å²) in [6, 6.07) is 11.1. The smallest absolute Gasteiger partial charge is 0.339 e.